The molecule has 0 radical (unpaired) electrons. The first-order valence-corrected chi connectivity index (χ1v) is 18.8. The summed E-state index contributed by atoms with van der Waals surface area (Å²) in [5.74, 6) is 0. The van der Waals surface area contributed by atoms with Crippen LogP contribution >= 0.6 is 0 Å². The van der Waals surface area contributed by atoms with Gasteiger partial charge < -0.3 is 4.90 Å². The van der Waals surface area contributed by atoms with Gasteiger partial charge in [0, 0.05) is 47.5 Å². The minimum Gasteiger partial charge on any atom is -0.344 e. The van der Waals surface area contributed by atoms with E-state index in [1.54, 1.807) is 0 Å². The summed E-state index contributed by atoms with van der Waals surface area (Å²) in [4.78, 5) is 2.63. The van der Waals surface area contributed by atoms with E-state index in [2.05, 4.69) is 118 Å². The lowest BCUT2D eigenvalue weighted by molar-refractivity contribution is -0.438. The van der Waals surface area contributed by atoms with E-state index in [1.165, 1.54) is 137 Å². The lowest BCUT2D eigenvalue weighted by Gasteiger charge is -2.27. The number of unbranched alkanes of at least 4 members (excludes halogenated alkanes) is 14. The third-order valence-electron chi connectivity index (χ3n) is 10.6. The molecule has 0 saturated heterocycles. The Balaban J connectivity index is 1.50. The highest BCUT2D eigenvalue weighted by molar-refractivity contribution is 6.03. The molecule has 0 aromatic heterocycles. The second kappa shape index (κ2) is 17.3. The number of para-hydroxylation sites is 2. The molecule has 246 valence electrons. The van der Waals surface area contributed by atoms with Gasteiger partial charge in [-0.2, -0.15) is 4.58 Å². The second-order valence-corrected chi connectivity index (χ2v) is 14.8. The lowest BCUT2D eigenvalue weighted by atomic mass is 9.81. The molecule has 0 fully saturated rings. The van der Waals surface area contributed by atoms with Crippen LogP contribution < -0.4 is 4.90 Å². The van der Waals surface area contributed by atoms with Crippen molar-refractivity contribution in [1.29, 1.82) is 0 Å². The Hall–Kier alpha value is -2.61. The van der Waals surface area contributed by atoms with Crippen LogP contribution in [0.25, 0.3) is 0 Å². The van der Waals surface area contributed by atoms with Crippen LogP contribution in [0.5, 0.6) is 0 Å². The van der Waals surface area contributed by atoms with E-state index in [0.29, 0.717) is 0 Å². The van der Waals surface area contributed by atoms with Gasteiger partial charge >= 0.3 is 0 Å². The number of benzene rings is 2. The highest BCUT2D eigenvalue weighted by Gasteiger charge is 2.44. The summed E-state index contributed by atoms with van der Waals surface area (Å²) in [6, 6.07) is 18.2. The van der Waals surface area contributed by atoms with Gasteiger partial charge in [0.2, 0.25) is 5.69 Å². The van der Waals surface area contributed by atoms with Crippen molar-refractivity contribution < 1.29 is 4.58 Å². The summed E-state index contributed by atoms with van der Waals surface area (Å²) in [6.45, 7) is 16.5. The van der Waals surface area contributed by atoms with Crippen molar-refractivity contribution in [3.05, 3.63) is 83.6 Å². The van der Waals surface area contributed by atoms with E-state index in [0.717, 1.165) is 13.1 Å². The predicted molar refractivity (Wildman–Crippen MR) is 199 cm³/mol. The predicted octanol–water partition coefficient (Wildman–Crippen LogP) is 12.6. The third-order valence-corrected chi connectivity index (χ3v) is 10.6. The fourth-order valence-corrected chi connectivity index (χ4v) is 7.80. The van der Waals surface area contributed by atoms with E-state index >= 15 is 0 Å². The monoisotopic (exact) mass is 610 g/mol. The summed E-state index contributed by atoms with van der Waals surface area (Å²) in [6.07, 6.45) is 29.0. The molecule has 0 atom stereocenters. The molecule has 0 amide bonds. The standard InChI is InChI=1S/C43H65N2/c1-7-9-11-13-15-17-19-25-34-44-38-30-23-21-28-36(38)42(3,4)40(44)32-27-33-41-43(5,6)37-29-22-24-31-39(37)45(41)35-26-20-18-16-14-12-10-8-2/h21-24,27-33H,7-20,25-26,34-35H2,1-6H3/q+1. The molecule has 4 rings (SSSR count). The Morgan fingerprint density at radius 1 is 0.600 bits per heavy atom. The van der Waals surface area contributed by atoms with Gasteiger partial charge in [-0.05, 0) is 44.4 Å². The van der Waals surface area contributed by atoms with E-state index in [4.69, 9.17) is 0 Å². The summed E-state index contributed by atoms with van der Waals surface area (Å²) >= 11 is 0. The van der Waals surface area contributed by atoms with Crippen LogP contribution in [-0.4, -0.2) is 23.4 Å². The van der Waals surface area contributed by atoms with Crippen LogP contribution in [-0.2, 0) is 10.8 Å². The minimum atomic E-state index is -0.00325. The maximum absolute atomic E-state index is 2.63. The van der Waals surface area contributed by atoms with E-state index in [-0.39, 0.29) is 10.8 Å². The molecule has 2 heteroatoms. The average molecular weight is 610 g/mol. The summed E-state index contributed by atoms with van der Waals surface area (Å²) < 4.78 is 2.63. The maximum Gasteiger partial charge on any atom is 0.209 e. The van der Waals surface area contributed by atoms with Gasteiger partial charge in [0.1, 0.15) is 6.54 Å². The van der Waals surface area contributed by atoms with Crippen LogP contribution in [0, 0.1) is 0 Å². The highest BCUT2D eigenvalue weighted by Crippen LogP contribution is 2.48. The largest absolute Gasteiger partial charge is 0.344 e. The first-order chi connectivity index (χ1) is 21.8. The number of nitrogens with zero attached hydrogens (tertiary/aromatic N) is 2. The van der Waals surface area contributed by atoms with Crippen LogP contribution in [0.2, 0.25) is 0 Å². The molecule has 2 aliphatic rings. The molecule has 0 N–H and O–H groups in total. The van der Waals surface area contributed by atoms with Crippen LogP contribution in [0.4, 0.5) is 11.4 Å². The van der Waals surface area contributed by atoms with E-state index in [9.17, 15) is 0 Å². The molecule has 2 nitrogen and oxygen atoms in total. The fraction of sp³-hybridized carbons (Fsp3) is 0.605. The van der Waals surface area contributed by atoms with Crippen molar-refractivity contribution in [2.45, 2.75) is 155 Å². The van der Waals surface area contributed by atoms with Crippen LogP contribution in [0.1, 0.15) is 155 Å². The number of allylic oxidation sites excluding steroid dienone is 4. The van der Waals surface area contributed by atoms with Crippen molar-refractivity contribution in [3.8, 4) is 0 Å². The van der Waals surface area contributed by atoms with E-state index < -0.39 is 0 Å². The number of rotatable bonds is 20. The zero-order valence-electron chi connectivity index (χ0n) is 30.0. The Morgan fingerprint density at radius 3 is 1.78 bits per heavy atom. The summed E-state index contributed by atoms with van der Waals surface area (Å²) in [5.41, 5.74) is 8.60. The maximum atomic E-state index is 2.63. The van der Waals surface area contributed by atoms with Gasteiger partial charge in [-0.1, -0.05) is 154 Å². The van der Waals surface area contributed by atoms with Crippen molar-refractivity contribution in [3.63, 3.8) is 0 Å². The second-order valence-electron chi connectivity index (χ2n) is 14.8. The SMILES string of the molecule is CCCCCCCCCCN1/C(=C/C=C/C2=[N+](CCCCCCCCCC)c3ccccc3C2(C)C)C(C)(C)c2ccccc21. The molecular formula is C43H65N2+. The van der Waals surface area contributed by atoms with Gasteiger partial charge in [-0.25, -0.2) is 0 Å². The lowest BCUT2D eigenvalue weighted by Crippen LogP contribution is -2.28. The summed E-state index contributed by atoms with van der Waals surface area (Å²) in [7, 11) is 0. The number of fused-ring (bicyclic) bond motifs is 2. The molecule has 0 unspecified atom stereocenters. The first-order valence-electron chi connectivity index (χ1n) is 18.8. The molecular weight excluding hydrogens is 544 g/mol. The van der Waals surface area contributed by atoms with Gasteiger partial charge in [-0.15, -0.1) is 0 Å². The highest BCUT2D eigenvalue weighted by atomic mass is 15.2. The van der Waals surface area contributed by atoms with Gasteiger partial charge in [0.05, 0.1) is 5.41 Å². The zero-order valence-corrected chi connectivity index (χ0v) is 30.0. The Labute approximate surface area is 277 Å². The van der Waals surface area contributed by atoms with Gasteiger partial charge in [0.25, 0.3) is 0 Å². The molecule has 2 aliphatic heterocycles. The van der Waals surface area contributed by atoms with Crippen molar-refractivity contribution in [2.75, 3.05) is 18.0 Å². The zero-order chi connectivity index (χ0) is 32.1. The molecule has 0 aliphatic carbocycles. The van der Waals surface area contributed by atoms with Crippen LogP contribution in [0.15, 0.2) is 72.5 Å². The van der Waals surface area contributed by atoms with Gasteiger partial charge in [0.15, 0.2) is 5.71 Å². The van der Waals surface area contributed by atoms with Gasteiger partial charge in [-0.3, -0.25) is 0 Å². The fourth-order valence-electron chi connectivity index (χ4n) is 7.80. The van der Waals surface area contributed by atoms with Crippen LogP contribution in [0.3, 0.4) is 0 Å². The minimum absolute atomic E-state index is 0.00325. The summed E-state index contributed by atoms with van der Waals surface area (Å²) in [5, 5.41) is 0. The number of hydrogen-bond donors (Lipinski definition) is 0. The molecule has 0 bridgehead atoms. The molecule has 0 spiro atoms. The molecule has 2 heterocycles. The Bertz CT molecular complexity index is 1290. The Morgan fingerprint density at radius 2 is 1.13 bits per heavy atom. The van der Waals surface area contributed by atoms with Crippen molar-refractivity contribution in [1.82, 2.24) is 0 Å². The molecule has 2 aromatic rings. The smallest absolute Gasteiger partial charge is 0.209 e. The third kappa shape index (κ3) is 8.81. The quantitative estimate of drug-likeness (QED) is 0.107. The topological polar surface area (TPSA) is 6.25 Å². The normalized spacial score (nSPS) is 17.6. The molecule has 2 aromatic carbocycles. The number of hydrogen-bond acceptors (Lipinski definition) is 1. The average Bonchev–Trinajstić information content (AvgIpc) is 3.38. The first kappa shape index (κ1) is 35.2. The number of anilines is 1. The molecule has 0 saturated carbocycles. The van der Waals surface area contributed by atoms with Crippen molar-refractivity contribution >= 4 is 17.1 Å². The molecule has 45 heavy (non-hydrogen) atoms. The van der Waals surface area contributed by atoms with E-state index in [1.807, 2.05) is 0 Å². The Kier molecular flexibility index (Phi) is 13.6. The van der Waals surface area contributed by atoms with Crippen molar-refractivity contribution in [2.24, 2.45) is 0 Å².